The van der Waals surface area contributed by atoms with Crippen molar-refractivity contribution >= 4 is 47.5 Å². The largest absolute Gasteiger partial charge is 0.481 e. The molecule has 0 aromatic rings. The van der Waals surface area contributed by atoms with Gasteiger partial charge < -0.3 is 46.4 Å². The van der Waals surface area contributed by atoms with Gasteiger partial charge in [0, 0.05) is 25.2 Å². The van der Waals surface area contributed by atoms with E-state index in [4.69, 9.17) is 4.74 Å². The summed E-state index contributed by atoms with van der Waals surface area (Å²) in [6, 6.07) is -0.520. The third-order valence-corrected chi connectivity index (χ3v) is 13.6. The quantitative estimate of drug-likeness (QED) is 0.133. The number of hydrogen-bond donors (Lipinski definition) is 8. The predicted octanol–water partition coefficient (Wildman–Crippen LogP) is 2.15. The van der Waals surface area contributed by atoms with Gasteiger partial charge in [-0.3, -0.25) is 38.4 Å². The number of carbonyl (C=O) groups is 8. The monoisotopic (exact) mass is 804 g/mol. The lowest BCUT2D eigenvalue weighted by molar-refractivity contribution is -0.160. The lowest BCUT2D eigenvalue weighted by atomic mass is 9.67. The number of carbonyl (C=O) groups excluding carboxylic acids is 4. The Bertz CT molecular complexity index is 1520. The first-order chi connectivity index (χ1) is 27.1. The Balaban J connectivity index is 1.08. The molecule has 0 aliphatic heterocycles. The SMILES string of the molecule is CNC(=O)C1CC(C(=O)NC2CCC(OC3CCC(NC(=O)C4CC(C(=O)NC5CCC(C)CC5)C(C(=O)O)CC4C(=O)O)CC3)CC2)C(C(=O)O)CC1C(=O)O. The molecule has 0 spiro atoms. The van der Waals surface area contributed by atoms with Crippen LogP contribution >= 0.6 is 0 Å². The van der Waals surface area contributed by atoms with Crippen molar-refractivity contribution in [3.63, 3.8) is 0 Å². The van der Waals surface area contributed by atoms with Gasteiger partial charge in [0.1, 0.15) is 0 Å². The number of nitrogens with one attached hydrogen (secondary N) is 4. The molecule has 0 heterocycles. The second-order valence-corrected chi connectivity index (χ2v) is 17.3. The Morgan fingerprint density at radius 1 is 0.404 bits per heavy atom. The highest BCUT2D eigenvalue weighted by atomic mass is 16.5. The van der Waals surface area contributed by atoms with Crippen molar-refractivity contribution in [2.75, 3.05) is 7.05 Å². The molecule has 0 aromatic heterocycles. The predicted molar refractivity (Wildman–Crippen MR) is 200 cm³/mol. The van der Waals surface area contributed by atoms with Crippen LogP contribution in [-0.4, -0.2) is 105 Å². The molecule has 5 rings (SSSR count). The van der Waals surface area contributed by atoms with E-state index in [0.717, 1.165) is 25.7 Å². The molecule has 8 N–H and O–H groups in total. The summed E-state index contributed by atoms with van der Waals surface area (Å²) in [4.78, 5) is 101. The van der Waals surface area contributed by atoms with Gasteiger partial charge in [-0.1, -0.05) is 6.92 Å². The van der Waals surface area contributed by atoms with Gasteiger partial charge in [-0.25, -0.2) is 0 Å². The van der Waals surface area contributed by atoms with Crippen LogP contribution in [0.25, 0.3) is 0 Å². The third kappa shape index (κ3) is 11.0. The van der Waals surface area contributed by atoms with E-state index in [-0.39, 0.29) is 56.0 Å². The minimum atomic E-state index is -1.27. The number of amides is 4. The van der Waals surface area contributed by atoms with Crippen LogP contribution in [0.1, 0.15) is 110 Å². The number of rotatable bonds is 13. The fourth-order valence-electron chi connectivity index (χ4n) is 10.1. The summed E-state index contributed by atoms with van der Waals surface area (Å²) < 4.78 is 6.42. The standard InChI is InChI=1S/C40H60N4O13/c1-19-3-5-20(6-4-19)42-35(47)27-16-28(32(40(55)56)18-31(27)39(53)54)36(48)44-22-9-13-24(14-10-22)57-23-11-7-21(8-12-23)43-34(46)26-15-25(33(45)41-2)29(37(49)50)17-30(26)38(51)52/h19-32H,3-18H2,1-2H3,(H,41,45)(H,42,47)(H,43,46)(H,44,48)(H,49,50)(H,51,52)(H,53,54)(H,55,56). The molecular formula is C40H60N4O13. The molecule has 8 unspecified atom stereocenters. The summed E-state index contributed by atoms with van der Waals surface area (Å²) >= 11 is 0. The first-order valence-electron chi connectivity index (χ1n) is 20.7. The molecule has 4 amide bonds. The topological polar surface area (TPSA) is 275 Å². The highest BCUT2D eigenvalue weighted by molar-refractivity contribution is 5.91. The van der Waals surface area contributed by atoms with Crippen molar-refractivity contribution in [3.05, 3.63) is 0 Å². The molecular weight excluding hydrogens is 744 g/mol. The number of carboxylic acids is 4. The average molecular weight is 805 g/mol. The summed E-state index contributed by atoms with van der Waals surface area (Å²) in [5, 5.41) is 50.8. The minimum Gasteiger partial charge on any atom is -0.481 e. The Labute approximate surface area is 332 Å². The van der Waals surface area contributed by atoms with Gasteiger partial charge in [0.25, 0.3) is 0 Å². The first kappa shape index (κ1) is 43.8. The van der Waals surface area contributed by atoms with Gasteiger partial charge in [0.2, 0.25) is 23.6 Å². The van der Waals surface area contributed by atoms with Crippen molar-refractivity contribution in [2.45, 2.75) is 140 Å². The van der Waals surface area contributed by atoms with E-state index in [0.29, 0.717) is 57.3 Å². The Morgan fingerprint density at radius 3 is 0.947 bits per heavy atom. The van der Waals surface area contributed by atoms with Crippen LogP contribution in [0.2, 0.25) is 0 Å². The highest BCUT2D eigenvalue weighted by Gasteiger charge is 2.51. The van der Waals surface area contributed by atoms with Gasteiger partial charge in [-0.15, -0.1) is 0 Å². The van der Waals surface area contributed by atoms with Gasteiger partial charge in [0.15, 0.2) is 0 Å². The van der Waals surface area contributed by atoms with Crippen LogP contribution in [-0.2, 0) is 43.1 Å². The molecule has 17 nitrogen and oxygen atoms in total. The summed E-state index contributed by atoms with van der Waals surface area (Å²) in [6.07, 6.45) is 7.43. The van der Waals surface area contributed by atoms with Gasteiger partial charge >= 0.3 is 23.9 Å². The van der Waals surface area contributed by atoms with E-state index >= 15 is 0 Å². The van der Waals surface area contributed by atoms with Crippen LogP contribution in [0.5, 0.6) is 0 Å². The zero-order chi connectivity index (χ0) is 41.6. The molecule has 8 atom stereocenters. The van der Waals surface area contributed by atoms with E-state index in [9.17, 15) is 58.8 Å². The normalized spacial score (nSPS) is 37.1. The van der Waals surface area contributed by atoms with Crippen molar-refractivity contribution in [1.82, 2.24) is 21.3 Å². The fraction of sp³-hybridized carbons (Fsp3) is 0.800. The molecule has 57 heavy (non-hydrogen) atoms. The minimum absolute atomic E-state index is 0.0643. The Morgan fingerprint density at radius 2 is 0.667 bits per heavy atom. The molecule has 0 saturated heterocycles. The lowest BCUT2D eigenvalue weighted by Gasteiger charge is -2.39. The van der Waals surface area contributed by atoms with Crippen LogP contribution in [0.4, 0.5) is 0 Å². The lowest BCUT2D eigenvalue weighted by Crippen LogP contribution is -2.52. The molecule has 5 fully saturated rings. The molecule has 5 aliphatic rings. The molecule has 0 aromatic carbocycles. The molecule has 318 valence electrons. The first-order valence-corrected chi connectivity index (χ1v) is 20.7. The maximum absolute atomic E-state index is 13.6. The second kappa shape index (κ2) is 19.4. The average Bonchev–Trinajstić information content (AvgIpc) is 3.18. The number of ether oxygens (including phenoxy) is 1. The molecule has 0 bridgehead atoms. The van der Waals surface area contributed by atoms with Crippen LogP contribution in [0, 0.1) is 53.3 Å². The Kier molecular flexibility index (Phi) is 15.0. The van der Waals surface area contributed by atoms with Crippen molar-refractivity contribution in [3.8, 4) is 0 Å². The van der Waals surface area contributed by atoms with Gasteiger partial charge in [-0.2, -0.15) is 0 Å². The van der Waals surface area contributed by atoms with Gasteiger partial charge in [0.05, 0.1) is 59.6 Å². The fourth-order valence-corrected chi connectivity index (χ4v) is 10.1. The van der Waals surface area contributed by atoms with E-state index in [1.165, 1.54) is 7.05 Å². The summed E-state index contributed by atoms with van der Waals surface area (Å²) in [5.41, 5.74) is 0. The second-order valence-electron chi connectivity index (χ2n) is 17.3. The van der Waals surface area contributed by atoms with Crippen LogP contribution < -0.4 is 21.3 Å². The summed E-state index contributed by atoms with van der Waals surface area (Å²) in [5.74, 6) is -15.4. The number of carboxylic acid groups (broad SMARTS) is 4. The molecule has 5 aliphatic carbocycles. The van der Waals surface area contributed by atoms with E-state index in [1.54, 1.807) is 0 Å². The molecule has 0 radical (unpaired) electrons. The van der Waals surface area contributed by atoms with E-state index in [1.807, 2.05) is 0 Å². The van der Waals surface area contributed by atoms with Crippen molar-refractivity contribution in [1.29, 1.82) is 0 Å². The maximum Gasteiger partial charge on any atom is 0.307 e. The molecule has 17 heteroatoms. The zero-order valence-corrected chi connectivity index (χ0v) is 32.9. The van der Waals surface area contributed by atoms with Gasteiger partial charge in [-0.05, 0) is 109 Å². The summed E-state index contributed by atoms with van der Waals surface area (Å²) in [7, 11) is 1.37. The van der Waals surface area contributed by atoms with Crippen molar-refractivity contribution in [2.24, 2.45) is 53.3 Å². The van der Waals surface area contributed by atoms with E-state index < -0.39 is 94.8 Å². The van der Waals surface area contributed by atoms with E-state index in [2.05, 4.69) is 28.2 Å². The van der Waals surface area contributed by atoms with Crippen molar-refractivity contribution < 1.29 is 63.5 Å². The highest BCUT2D eigenvalue weighted by Crippen LogP contribution is 2.41. The smallest absolute Gasteiger partial charge is 0.307 e. The zero-order valence-electron chi connectivity index (χ0n) is 32.9. The Hall–Kier alpha value is -4.28. The maximum atomic E-state index is 13.6. The van der Waals surface area contributed by atoms with Crippen LogP contribution in [0.15, 0.2) is 0 Å². The van der Waals surface area contributed by atoms with Crippen LogP contribution in [0.3, 0.4) is 0 Å². The molecule has 5 saturated carbocycles. The number of aliphatic carboxylic acids is 4. The summed E-state index contributed by atoms with van der Waals surface area (Å²) in [6.45, 7) is 2.15. The third-order valence-electron chi connectivity index (χ3n) is 13.6. The number of hydrogen-bond acceptors (Lipinski definition) is 9.